The van der Waals surface area contributed by atoms with E-state index in [1.54, 1.807) is 12.0 Å². The topological polar surface area (TPSA) is 69.0 Å². The molecule has 0 bridgehead atoms. The molecular formula is C35H31NO5. The van der Waals surface area contributed by atoms with E-state index in [-0.39, 0.29) is 17.1 Å². The van der Waals surface area contributed by atoms with Crippen molar-refractivity contribution in [1.29, 1.82) is 0 Å². The van der Waals surface area contributed by atoms with Gasteiger partial charge < -0.3 is 18.8 Å². The lowest BCUT2D eigenvalue weighted by atomic mass is 9.97. The molecule has 0 radical (unpaired) electrons. The predicted molar refractivity (Wildman–Crippen MR) is 159 cm³/mol. The third-order valence-corrected chi connectivity index (χ3v) is 7.80. The average molecular weight is 546 g/mol. The van der Waals surface area contributed by atoms with E-state index in [0.29, 0.717) is 41.2 Å². The van der Waals surface area contributed by atoms with Crippen LogP contribution < -0.4 is 14.9 Å². The Morgan fingerprint density at radius 2 is 1.54 bits per heavy atom. The first-order chi connectivity index (χ1) is 19.8. The van der Waals surface area contributed by atoms with Gasteiger partial charge in [-0.15, -0.1) is 0 Å². The van der Waals surface area contributed by atoms with Crippen molar-refractivity contribution in [1.82, 2.24) is 4.90 Å². The van der Waals surface area contributed by atoms with E-state index >= 15 is 0 Å². The van der Waals surface area contributed by atoms with Crippen LogP contribution in [0, 0.1) is 20.8 Å². The second-order valence-electron chi connectivity index (χ2n) is 10.6. The summed E-state index contributed by atoms with van der Waals surface area (Å²) in [4.78, 5) is 29.7. The monoisotopic (exact) mass is 545 g/mol. The smallest absolute Gasteiger partial charge is 0.291 e. The molecular weight excluding hydrogens is 514 g/mol. The fraction of sp³-hybridized carbons (Fsp3) is 0.200. The highest BCUT2D eigenvalue weighted by atomic mass is 16.5. The van der Waals surface area contributed by atoms with Gasteiger partial charge in [-0.1, -0.05) is 66.2 Å². The molecule has 0 saturated heterocycles. The number of hydrogen-bond donors (Lipinski definition) is 0. The summed E-state index contributed by atoms with van der Waals surface area (Å²) in [6.45, 7) is 6.65. The number of hydrogen-bond acceptors (Lipinski definition) is 5. The van der Waals surface area contributed by atoms with Crippen LogP contribution >= 0.6 is 0 Å². The molecule has 0 N–H and O–H groups in total. The van der Waals surface area contributed by atoms with E-state index in [9.17, 15) is 9.59 Å². The number of fused-ring (bicyclic) bond motifs is 2. The summed E-state index contributed by atoms with van der Waals surface area (Å²) in [6, 6.07) is 26.5. The van der Waals surface area contributed by atoms with E-state index in [4.69, 9.17) is 13.9 Å². The van der Waals surface area contributed by atoms with E-state index in [2.05, 4.69) is 0 Å². The van der Waals surface area contributed by atoms with Crippen LogP contribution in [0.15, 0.2) is 94.1 Å². The molecule has 4 aromatic carbocycles. The maximum Gasteiger partial charge on any atom is 0.291 e. The molecule has 41 heavy (non-hydrogen) atoms. The molecule has 1 amide bonds. The first-order valence-corrected chi connectivity index (χ1v) is 13.6. The van der Waals surface area contributed by atoms with Gasteiger partial charge in [-0.05, 0) is 72.9 Å². The first kappa shape index (κ1) is 26.4. The third-order valence-electron chi connectivity index (χ3n) is 7.80. The van der Waals surface area contributed by atoms with Gasteiger partial charge in [0, 0.05) is 6.54 Å². The zero-order chi connectivity index (χ0) is 28.7. The number of rotatable bonds is 7. The summed E-state index contributed by atoms with van der Waals surface area (Å²) in [5.74, 6) is 0.870. The Balaban J connectivity index is 1.46. The van der Waals surface area contributed by atoms with Crippen LogP contribution in [0.3, 0.4) is 0 Å². The largest absolute Gasteiger partial charge is 0.493 e. The predicted octanol–water partition coefficient (Wildman–Crippen LogP) is 7.05. The van der Waals surface area contributed by atoms with Crippen LogP contribution in [0.25, 0.3) is 11.0 Å². The number of amides is 1. The maximum absolute atomic E-state index is 14.0. The van der Waals surface area contributed by atoms with Crippen LogP contribution in [0.1, 0.15) is 55.5 Å². The minimum absolute atomic E-state index is 0.0891. The number of nitrogens with zero attached hydrogens (tertiary/aromatic N) is 1. The van der Waals surface area contributed by atoms with Crippen molar-refractivity contribution in [3.8, 4) is 11.5 Å². The van der Waals surface area contributed by atoms with Crippen LogP contribution in [0.4, 0.5) is 0 Å². The Hall–Kier alpha value is -4.84. The highest BCUT2D eigenvalue weighted by Crippen LogP contribution is 2.42. The van der Waals surface area contributed by atoms with Gasteiger partial charge in [-0.25, -0.2) is 0 Å². The number of methoxy groups -OCH3 is 1. The van der Waals surface area contributed by atoms with Crippen molar-refractivity contribution in [3.63, 3.8) is 0 Å². The Bertz CT molecular complexity index is 1820. The summed E-state index contributed by atoms with van der Waals surface area (Å²) in [5.41, 5.74) is 6.42. The second-order valence-corrected chi connectivity index (χ2v) is 10.6. The minimum atomic E-state index is -0.655. The van der Waals surface area contributed by atoms with Gasteiger partial charge in [0.05, 0.1) is 24.1 Å². The lowest BCUT2D eigenvalue weighted by molar-refractivity contribution is 0.0714. The average Bonchev–Trinajstić information content (AvgIpc) is 3.25. The number of carbonyl (C=O) groups is 1. The quantitative estimate of drug-likeness (QED) is 0.219. The van der Waals surface area contributed by atoms with Crippen molar-refractivity contribution < 1.29 is 18.7 Å². The maximum atomic E-state index is 14.0. The molecule has 5 aromatic rings. The summed E-state index contributed by atoms with van der Waals surface area (Å²) in [7, 11) is 1.58. The minimum Gasteiger partial charge on any atom is -0.493 e. The Kier molecular flexibility index (Phi) is 6.83. The molecule has 1 aliphatic rings. The van der Waals surface area contributed by atoms with Crippen LogP contribution in [0.2, 0.25) is 0 Å². The Morgan fingerprint density at radius 1 is 0.805 bits per heavy atom. The summed E-state index contributed by atoms with van der Waals surface area (Å²) < 4.78 is 18.0. The fourth-order valence-electron chi connectivity index (χ4n) is 5.38. The van der Waals surface area contributed by atoms with Crippen molar-refractivity contribution in [2.24, 2.45) is 0 Å². The van der Waals surface area contributed by atoms with Gasteiger partial charge in [0.1, 0.15) is 12.2 Å². The SMILES string of the molecule is COc1cc(C2c3c(oc4cc(C)c(C)cc4c3=O)C(=O)N2Cc2ccc(C)cc2)ccc1OCc1ccccc1. The third kappa shape index (κ3) is 4.86. The summed E-state index contributed by atoms with van der Waals surface area (Å²) >= 11 is 0. The molecule has 206 valence electrons. The number of ether oxygens (including phenoxy) is 2. The van der Waals surface area contributed by atoms with Gasteiger partial charge in [0.2, 0.25) is 5.76 Å². The second kappa shape index (κ2) is 10.6. The summed E-state index contributed by atoms with van der Waals surface area (Å²) in [6.07, 6.45) is 0. The summed E-state index contributed by atoms with van der Waals surface area (Å²) in [5, 5.41) is 0.469. The van der Waals surface area contributed by atoms with Crippen LogP contribution in [-0.4, -0.2) is 17.9 Å². The molecule has 1 aromatic heterocycles. The molecule has 1 atom stereocenters. The van der Waals surface area contributed by atoms with E-state index in [1.165, 1.54) is 0 Å². The van der Waals surface area contributed by atoms with Crippen molar-refractivity contribution in [3.05, 3.63) is 140 Å². The van der Waals surface area contributed by atoms with Crippen molar-refractivity contribution in [2.75, 3.05) is 7.11 Å². The molecule has 6 nitrogen and oxygen atoms in total. The molecule has 0 spiro atoms. The van der Waals surface area contributed by atoms with Crippen LogP contribution in [-0.2, 0) is 13.2 Å². The first-order valence-electron chi connectivity index (χ1n) is 13.6. The zero-order valence-electron chi connectivity index (χ0n) is 23.6. The van der Waals surface area contributed by atoms with Gasteiger partial charge >= 0.3 is 0 Å². The molecule has 0 aliphatic carbocycles. The molecule has 6 rings (SSSR count). The van der Waals surface area contributed by atoms with Gasteiger partial charge in [-0.3, -0.25) is 9.59 Å². The highest BCUT2D eigenvalue weighted by molar-refractivity contribution is 5.99. The van der Waals surface area contributed by atoms with Gasteiger partial charge in [0.25, 0.3) is 5.91 Å². The standard InChI is InChI=1S/C35H31NO5/c1-21-10-12-24(13-11-21)19-36-32(26-14-15-28(30(18-26)39-4)40-20-25-8-6-5-7-9-25)31-33(37)27-16-22(2)23(3)17-29(27)41-34(31)35(36)38/h5-18,32H,19-20H2,1-4H3. The van der Waals surface area contributed by atoms with Gasteiger partial charge in [-0.2, -0.15) is 0 Å². The normalized spacial score (nSPS) is 14.4. The molecule has 0 saturated carbocycles. The molecule has 1 unspecified atom stereocenters. The lowest BCUT2D eigenvalue weighted by Gasteiger charge is -2.26. The van der Waals surface area contributed by atoms with Gasteiger partial charge in [0.15, 0.2) is 16.9 Å². The van der Waals surface area contributed by atoms with E-state index in [1.807, 2.05) is 106 Å². The van der Waals surface area contributed by atoms with Crippen molar-refractivity contribution >= 4 is 16.9 Å². The molecule has 6 heteroatoms. The molecule has 1 aliphatic heterocycles. The molecule has 0 fully saturated rings. The molecule has 2 heterocycles. The zero-order valence-corrected chi connectivity index (χ0v) is 23.6. The highest BCUT2D eigenvalue weighted by Gasteiger charge is 2.43. The van der Waals surface area contributed by atoms with Crippen LogP contribution in [0.5, 0.6) is 11.5 Å². The lowest BCUT2D eigenvalue weighted by Crippen LogP contribution is -2.29. The Morgan fingerprint density at radius 3 is 2.27 bits per heavy atom. The van der Waals surface area contributed by atoms with Crippen molar-refractivity contribution in [2.45, 2.75) is 40.0 Å². The fourth-order valence-corrected chi connectivity index (χ4v) is 5.38. The number of aryl methyl sites for hydroxylation is 3. The number of benzene rings is 4. The number of carbonyl (C=O) groups excluding carboxylic acids is 1. The van der Waals surface area contributed by atoms with E-state index < -0.39 is 6.04 Å². The Labute approximate surface area is 238 Å². The van der Waals surface area contributed by atoms with E-state index in [0.717, 1.165) is 33.4 Å².